The van der Waals surface area contributed by atoms with Gasteiger partial charge in [-0.25, -0.2) is 13.4 Å². The van der Waals surface area contributed by atoms with Gasteiger partial charge in [-0.05, 0) is 41.8 Å². The maximum Gasteiger partial charge on any atom is 0.326 e. The second-order valence-electron chi connectivity index (χ2n) is 6.63. The van der Waals surface area contributed by atoms with Crippen LogP contribution in [0.2, 0.25) is 0 Å². The molecule has 1 aliphatic carbocycles. The SMILES string of the molecule is O=C1CN(c2c(O)cc3ccc(CCC4CC4)cc3c2F)S(=O)(=O)N1. The fraction of sp³-hybridized carbons (Fsp3) is 0.353. The van der Waals surface area contributed by atoms with Gasteiger partial charge in [0.2, 0.25) is 0 Å². The van der Waals surface area contributed by atoms with Crippen LogP contribution in [0.5, 0.6) is 5.75 Å². The highest BCUT2D eigenvalue weighted by Gasteiger charge is 2.37. The lowest BCUT2D eigenvalue weighted by Crippen LogP contribution is -2.30. The summed E-state index contributed by atoms with van der Waals surface area (Å²) >= 11 is 0. The highest BCUT2D eigenvalue weighted by atomic mass is 32.2. The first-order valence-corrected chi connectivity index (χ1v) is 9.56. The van der Waals surface area contributed by atoms with E-state index in [0.29, 0.717) is 9.69 Å². The van der Waals surface area contributed by atoms with Gasteiger partial charge in [0.25, 0.3) is 5.91 Å². The van der Waals surface area contributed by atoms with Crippen LogP contribution in [0.3, 0.4) is 0 Å². The van der Waals surface area contributed by atoms with E-state index in [9.17, 15) is 18.3 Å². The molecular weight excluding hydrogens is 347 g/mol. The summed E-state index contributed by atoms with van der Waals surface area (Å²) < 4.78 is 41.3. The van der Waals surface area contributed by atoms with E-state index in [2.05, 4.69) is 0 Å². The number of benzene rings is 2. The Morgan fingerprint density at radius 3 is 2.68 bits per heavy atom. The minimum atomic E-state index is -4.19. The van der Waals surface area contributed by atoms with Crippen molar-refractivity contribution >= 4 is 32.6 Å². The Labute approximate surface area is 144 Å². The number of hydrogen-bond acceptors (Lipinski definition) is 4. The molecule has 132 valence electrons. The third-order valence-corrected chi connectivity index (χ3v) is 6.08. The minimum absolute atomic E-state index is 0.232. The number of fused-ring (bicyclic) bond motifs is 1. The van der Waals surface area contributed by atoms with Crippen LogP contribution >= 0.6 is 0 Å². The van der Waals surface area contributed by atoms with Gasteiger partial charge in [-0.1, -0.05) is 25.0 Å². The first-order valence-electron chi connectivity index (χ1n) is 8.12. The van der Waals surface area contributed by atoms with E-state index in [1.807, 2.05) is 6.07 Å². The number of nitrogens with one attached hydrogen (secondary N) is 1. The van der Waals surface area contributed by atoms with Gasteiger partial charge in [0.05, 0.1) is 0 Å². The third kappa shape index (κ3) is 2.90. The van der Waals surface area contributed by atoms with Gasteiger partial charge in [-0.2, -0.15) is 8.42 Å². The van der Waals surface area contributed by atoms with E-state index in [1.165, 1.54) is 18.9 Å². The molecule has 1 amide bonds. The molecule has 1 aliphatic heterocycles. The number of amides is 1. The number of aromatic hydroxyl groups is 1. The van der Waals surface area contributed by atoms with E-state index in [0.717, 1.165) is 24.3 Å². The average molecular weight is 364 g/mol. The van der Waals surface area contributed by atoms with Crippen LogP contribution in [0.15, 0.2) is 24.3 Å². The second kappa shape index (κ2) is 5.59. The van der Waals surface area contributed by atoms with Crippen LogP contribution in [-0.4, -0.2) is 26.0 Å². The molecule has 0 radical (unpaired) electrons. The Morgan fingerprint density at radius 2 is 2.04 bits per heavy atom. The molecule has 1 saturated heterocycles. The fourth-order valence-corrected chi connectivity index (χ4v) is 4.35. The number of aryl methyl sites for hydroxylation is 1. The Bertz CT molecular complexity index is 986. The van der Waals surface area contributed by atoms with Crippen molar-refractivity contribution in [2.75, 3.05) is 10.8 Å². The molecule has 0 bridgehead atoms. The molecule has 2 aliphatic rings. The number of rotatable bonds is 4. The third-order valence-electron chi connectivity index (χ3n) is 4.70. The first-order chi connectivity index (χ1) is 11.8. The lowest BCUT2D eigenvalue weighted by atomic mass is 10.0. The monoisotopic (exact) mass is 364 g/mol. The molecule has 0 spiro atoms. The standard InChI is InChI=1S/C17H17FN2O4S/c18-16-13-7-11(4-3-10-1-2-10)5-6-12(13)8-14(21)17(16)20-9-15(22)19-25(20,23)24/h5-8,10,21H,1-4,9H2,(H,19,22). The zero-order chi connectivity index (χ0) is 17.8. The Morgan fingerprint density at radius 1 is 1.28 bits per heavy atom. The normalized spacial score (nSPS) is 19.4. The zero-order valence-corrected chi connectivity index (χ0v) is 14.1. The van der Waals surface area contributed by atoms with Gasteiger partial charge >= 0.3 is 10.2 Å². The molecule has 0 unspecified atom stereocenters. The predicted octanol–water partition coefficient (Wildman–Crippen LogP) is 2.21. The van der Waals surface area contributed by atoms with Gasteiger partial charge in [0.15, 0.2) is 5.82 Å². The average Bonchev–Trinajstić information content (AvgIpc) is 3.31. The van der Waals surface area contributed by atoms with Crippen molar-refractivity contribution in [2.24, 2.45) is 5.92 Å². The van der Waals surface area contributed by atoms with E-state index in [-0.39, 0.29) is 5.39 Å². The molecule has 4 rings (SSSR count). The molecular formula is C17H17FN2O4S. The summed E-state index contributed by atoms with van der Waals surface area (Å²) in [5, 5.41) is 10.8. The van der Waals surface area contributed by atoms with Crippen molar-refractivity contribution in [2.45, 2.75) is 25.7 Å². The summed E-state index contributed by atoms with van der Waals surface area (Å²) in [6, 6.07) is 6.61. The molecule has 8 heteroatoms. The molecule has 2 aromatic rings. The van der Waals surface area contributed by atoms with Crippen LogP contribution in [-0.2, 0) is 21.4 Å². The summed E-state index contributed by atoms with van der Waals surface area (Å²) in [6.07, 6.45) is 4.37. The number of halogens is 1. The number of carbonyl (C=O) groups excluding carboxylic acids is 1. The molecule has 6 nitrogen and oxygen atoms in total. The van der Waals surface area contributed by atoms with Gasteiger partial charge in [-0.3, -0.25) is 4.79 Å². The lowest BCUT2D eigenvalue weighted by molar-refractivity contribution is -0.117. The summed E-state index contributed by atoms with van der Waals surface area (Å²) in [5.74, 6) is -1.38. The first kappa shape index (κ1) is 16.1. The van der Waals surface area contributed by atoms with E-state index < -0.39 is 39.9 Å². The lowest BCUT2D eigenvalue weighted by Gasteiger charge is -2.18. The summed E-state index contributed by atoms with van der Waals surface area (Å²) in [7, 11) is -4.19. The molecule has 25 heavy (non-hydrogen) atoms. The predicted molar refractivity (Wildman–Crippen MR) is 91.0 cm³/mol. The molecule has 1 heterocycles. The molecule has 2 N–H and O–H groups in total. The molecule has 1 saturated carbocycles. The number of hydrogen-bond donors (Lipinski definition) is 2. The number of anilines is 1. The van der Waals surface area contributed by atoms with Crippen LogP contribution in [0.4, 0.5) is 10.1 Å². The molecule has 0 atom stereocenters. The fourth-order valence-electron chi connectivity index (χ4n) is 3.19. The Kier molecular flexibility index (Phi) is 3.61. The highest BCUT2D eigenvalue weighted by Crippen LogP contribution is 2.39. The Balaban J connectivity index is 1.79. The van der Waals surface area contributed by atoms with Crippen molar-refractivity contribution in [3.63, 3.8) is 0 Å². The Hall–Kier alpha value is -2.35. The smallest absolute Gasteiger partial charge is 0.326 e. The van der Waals surface area contributed by atoms with E-state index in [4.69, 9.17) is 0 Å². The van der Waals surface area contributed by atoms with Crippen LogP contribution in [0, 0.1) is 11.7 Å². The van der Waals surface area contributed by atoms with E-state index in [1.54, 1.807) is 16.9 Å². The van der Waals surface area contributed by atoms with Gasteiger partial charge in [-0.15, -0.1) is 0 Å². The largest absolute Gasteiger partial charge is 0.506 e. The maximum absolute atomic E-state index is 15.0. The van der Waals surface area contributed by atoms with E-state index >= 15 is 4.39 Å². The maximum atomic E-state index is 15.0. The summed E-state index contributed by atoms with van der Waals surface area (Å²) in [4.78, 5) is 11.4. The summed E-state index contributed by atoms with van der Waals surface area (Å²) in [6.45, 7) is -0.556. The summed E-state index contributed by atoms with van der Waals surface area (Å²) in [5.41, 5.74) is 0.471. The number of phenolic OH excluding ortho intramolecular Hbond substituents is 1. The van der Waals surface area contributed by atoms with Gasteiger partial charge < -0.3 is 5.11 Å². The van der Waals surface area contributed by atoms with Crippen LogP contribution < -0.4 is 9.03 Å². The minimum Gasteiger partial charge on any atom is -0.506 e. The highest BCUT2D eigenvalue weighted by molar-refractivity contribution is 7.92. The molecule has 2 fully saturated rings. The van der Waals surface area contributed by atoms with Crippen molar-refractivity contribution in [3.8, 4) is 5.75 Å². The number of carbonyl (C=O) groups is 1. The van der Waals surface area contributed by atoms with Gasteiger partial charge in [0.1, 0.15) is 18.0 Å². The molecule has 2 aromatic carbocycles. The van der Waals surface area contributed by atoms with Crippen molar-refractivity contribution in [1.29, 1.82) is 0 Å². The van der Waals surface area contributed by atoms with Crippen molar-refractivity contribution in [3.05, 3.63) is 35.6 Å². The second-order valence-corrected chi connectivity index (χ2v) is 8.23. The number of phenols is 1. The van der Waals surface area contributed by atoms with Crippen LogP contribution in [0.1, 0.15) is 24.8 Å². The zero-order valence-electron chi connectivity index (χ0n) is 13.3. The van der Waals surface area contributed by atoms with Gasteiger partial charge in [0, 0.05) is 5.39 Å². The topological polar surface area (TPSA) is 86.7 Å². The van der Waals surface area contributed by atoms with Crippen molar-refractivity contribution in [1.82, 2.24) is 4.72 Å². The van der Waals surface area contributed by atoms with Crippen LogP contribution in [0.25, 0.3) is 10.8 Å². The molecule has 0 aromatic heterocycles. The quantitative estimate of drug-likeness (QED) is 0.871. The van der Waals surface area contributed by atoms with Crippen molar-refractivity contribution < 1.29 is 22.7 Å². The number of nitrogens with zero attached hydrogens (tertiary/aromatic N) is 1.